The van der Waals surface area contributed by atoms with Gasteiger partial charge in [-0.15, -0.1) is 0 Å². The van der Waals surface area contributed by atoms with Gasteiger partial charge in [0.1, 0.15) is 5.75 Å². The van der Waals surface area contributed by atoms with Crippen LogP contribution in [0.3, 0.4) is 0 Å². The molecule has 254 valence electrons. The topological polar surface area (TPSA) is 252 Å². The van der Waals surface area contributed by atoms with Gasteiger partial charge in [0, 0.05) is 11.4 Å². The smallest absolute Gasteiger partial charge is 0.343 e. The maximum Gasteiger partial charge on any atom is 0.343 e. The average Bonchev–Trinajstić information content (AvgIpc) is 3.54. The molecule has 16 nitrogen and oxygen atoms in total. The van der Waals surface area contributed by atoms with Gasteiger partial charge in [0.15, 0.2) is 0 Å². The minimum absolute atomic E-state index is 0.422. The first-order valence-corrected chi connectivity index (χ1v) is 14.8. The summed E-state index contributed by atoms with van der Waals surface area (Å²) >= 11 is 0. The predicted octanol–water partition coefficient (Wildman–Crippen LogP) is 0.894. The molecule has 0 radical (unpaired) electrons. The fraction of sp³-hybridized carbons (Fsp3) is 0.364. The second kappa shape index (κ2) is 10.5. The third-order valence-corrected chi connectivity index (χ3v) is 11.3. The van der Waals surface area contributed by atoms with Crippen LogP contribution in [0.1, 0.15) is 38.1 Å². The molecule has 4 saturated heterocycles. The van der Waals surface area contributed by atoms with Crippen molar-refractivity contribution in [3.8, 4) is 5.75 Å². The van der Waals surface area contributed by atoms with E-state index in [4.69, 9.17) is 16.2 Å². The molecular formula is C33H28N2O14. The molecule has 0 bridgehead atoms. The number of nitrogen functional groups attached to an aromatic ring is 2. The summed E-state index contributed by atoms with van der Waals surface area (Å²) < 4.78 is 23.2. The number of benzene rings is 2. The van der Waals surface area contributed by atoms with Gasteiger partial charge >= 0.3 is 53.7 Å². The van der Waals surface area contributed by atoms with Gasteiger partial charge in [0.05, 0.1) is 50.9 Å². The van der Waals surface area contributed by atoms with E-state index in [0.717, 1.165) is 0 Å². The number of carbonyl (C=O) groups is 9. The first-order chi connectivity index (χ1) is 22.9. The van der Waals surface area contributed by atoms with Gasteiger partial charge in [0.2, 0.25) is 0 Å². The average molecular weight is 677 g/mol. The number of carbonyl (C=O) groups excluding carboxylic acids is 9. The Hall–Kier alpha value is -5.93. The summed E-state index contributed by atoms with van der Waals surface area (Å²) in [4.78, 5) is 104. The van der Waals surface area contributed by atoms with E-state index in [0.29, 0.717) is 22.7 Å². The quantitative estimate of drug-likeness (QED) is 0.147. The number of fused-ring (bicyclic) bond motifs is 8. The lowest BCUT2D eigenvalue weighted by atomic mass is 9.27. The Morgan fingerprint density at radius 1 is 0.510 bits per heavy atom. The molecule has 4 N–H and O–H groups in total. The summed E-state index contributed by atoms with van der Waals surface area (Å²) in [6, 6.07) is 13.2. The highest BCUT2D eigenvalue weighted by molar-refractivity contribution is 6.18. The molecule has 0 aromatic heterocycles. The molecule has 6 aliphatic rings. The number of hydrogen-bond acceptors (Lipinski definition) is 16. The molecule has 2 aromatic carbocycles. The fourth-order valence-electron chi connectivity index (χ4n) is 7.86. The molecule has 8 rings (SSSR count). The van der Waals surface area contributed by atoms with Gasteiger partial charge in [0.25, 0.3) is 0 Å². The zero-order valence-corrected chi connectivity index (χ0v) is 26.3. The summed E-state index contributed by atoms with van der Waals surface area (Å²) in [7, 11) is 0. The monoisotopic (exact) mass is 676 g/mol. The van der Waals surface area contributed by atoms with E-state index in [9.17, 15) is 43.2 Å². The molecule has 2 aromatic rings. The zero-order valence-electron chi connectivity index (χ0n) is 26.3. The molecule has 2 saturated carbocycles. The second-order valence-electron chi connectivity index (χ2n) is 13.0. The molecule has 4 heterocycles. The summed E-state index contributed by atoms with van der Waals surface area (Å²) in [6.07, 6.45) is 0. The lowest BCUT2D eigenvalue weighted by Gasteiger charge is -2.65. The summed E-state index contributed by atoms with van der Waals surface area (Å²) in [6.45, 7) is 5.95. The summed E-state index contributed by atoms with van der Waals surface area (Å²) in [5, 5.41) is 0. The zero-order chi connectivity index (χ0) is 36.0. The van der Waals surface area contributed by atoms with Crippen molar-refractivity contribution >= 4 is 65.1 Å². The molecule has 16 heteroatoms. The van der Waals surface area contributed by atoms with Crippen LogP contribution in [-0.2, 0) is 57.3 Å². The second-order valence-corrected chi connectivity index (χ2v) is 13.0. The van der Waals surface area contributed by atoms with Crippen molar-refractivity contribution in [1.29, 1.82) is 0 Å². The van der Waals surface area contributed by atoms with E-state index in [1.165, 1.54) is 27.7 Å². The molecule has 0 amide bonds. The molecule has 49 heavy (non-hydrogen) atoms. The van der Waals surface area contributed by atoms with Crippen LogP contribution >= 0.6 is 0 Å². The highest BCUT2D eigenvalue weighted by Crippen LogP contribution is 2.83. The van der Waals surface area contributed by atoms with E-state index in [2.05, 4.69) is 18.9 Å². The van der Waals surface area contributed by atoms with E-state index in [1.54, 1.807) is 48.5 Å². The molecular weight excluding hydrogens is 648 g/mol. The minimum Gasteiger partial charge on any atom is -0.423 e. The van der Waals surface area contributed by atoms with Crippen molar-refractivity contribution in [2.75, 3.05) is 11.5 Å². The standard InChI is InChI=1S/C13H12N2O2.C12H12O6.C8H4O6/c14-10-3-1-9(2-4-10)13(16)17-12-7-5-11(15)6-8-12;1-9-5(13)17-6(14)10(9,2)12(4)8(16)18-7(15)11(9,12)3;9-5-1-2(6(10)13-5)4-3(1)7(11)14-8(4)12/h1-8H,14-15H2;1-4H3;1-4H. The Morgan fingerprint density at radius 2 is 0.796 bits per heavy atom. The van der Waals surface area contributed by atoms with Crippen LogP contribution < -0.4 is 16.2 Å². The first kappa shape index (κ1) is 33.0. The molecule has 0 spiro atoms. The van der Waals surface area contributed by atoms with E-state index in [-0.39, 0.29) is 0 Å². The number of esters is 9. The Morgan fingerprint density at radius 3 is 1.10 bits per heavy atom. The van der Waals surface area contributed by atoms with Gasteiger partial charge < -0.3 is 35.2 Å². The van der Waals surface area contributed by atoms with Gasteiger partial charge in [-0.3, -0.25) is 38.4 Å². The van der Waals surface area contributed by atoms with Crippen LogP contribution in [0.2, 0.25) is 0 Å². The summed E-state index contributed by atoms with van der Waals surface area (Å²) in [5.41, 5.74) is 7.34. The SMILES string of the molecule is CC12C(=O)OC(=O)C1(C)C1(C)C(=O)OC(=O)C21C.Nc1ccc(OC(=O)c2ccc(N)cc2)cc1.O=C1OC(=O)C2C1C1C(=O)OC(=O)C21. The Labute approximate surface area is 276 Å². The maximum atomic E-state index is 12.0. The van der Waals surface area contributed by atoms with Gasteiger partial charge in [-0.25, -0.2) is 4.79 Å². The number of ether oxygens (including phenoxy) is 5. The molecule has 6 fully saturated rings. The van der Waals surface area contributed by atoms with Crippen molar-refractivity contribution in [2.45, 2.75) is 27.7 Å². The third kappa shape index (κ3) is 3.99. The van der Waals surface area contributed by atoms with Crippen LogP contribution in [0.25, 0.3) is 0 Å². The lowest BCUT2D eigenvalue weighted by Crippen LogP contribution is -2.77. The number of rotatable bonds is 2. The van der Waals surface area contributed by atoms with Crippen molar-refractivity contribution in [3.05, 3.63) is 54.1 Å². The maximum absolute atomic E-state index is 12.0. The van der Waals surface area contributed by atoms with Crippen LogP contribution in [0, 0.1) is 45.3 Å². The van der Waals surface area contributed by atoms with Crippen LogP contribution in [-0.4, -0.2) is 53.7 Å². The van der Waals surface area contributed by atoms with Gasteiger partial charge in [-0.1, -0.05) is 0 Å². The Kier molecular flexibility index (Phi) is 7.09. The third-order valence-electron chi connectivity index (χ3n) is 11.3. The van der Waals surface area contributed by atoms with Gasteiger partial charge in [-0.2, -0.15) is 0 Å². The molecule has 0 unspecified atom stereocenters. The normalized spacial score (nSPS) is 35.7. The summed E-state index contributed by atoms with van der Waals surface area (Å²) in [5.74, 6) is -9.01. The predicted molar refractivity (Wildman–Crippen MR) is 157 cm³/mol. The molecule has 0 atom stereocenters. The molecule has 4 aliphatic heterocycles. The van der Waals surface area contributed by atoms with Crippen molar-refractivity contribution in [1.82, 2.24) is 0 Å². The van der Waals surface area contributed by atoms with E-state index < -0.39 is 99.1 Å². The Bertz CT molecular complexity index is 1730. The lowest BCUT2D eigenvalue weighted by molar-refractivity contribution is -0.243. The minimum atomic E-state index is -1.35. The Balaban J connectivity index is 0.000000128. The highest BCUT2D eigenvalue weighted by Gasteiger charge is 2.97. The van der Waals surface area contributed by atoms with Crippen LogP contribution in [0.5, 0.6) is 5.75 Å². The van der Waals surface area contributed by atoms with Crippen LogP contribution in [0.4, 0.5) is 11.4 Å². The van der Waals surface area contributed by atoms with Crippen LogP contribution in [0.15, 0.2) is 48.5 Å². The highest BCUT2D eigenvalue weighted by atomic mass is 16.6. The van der Waals surface area contributed by atoms with E-state index in [1.807, 2.05) is 0 Å². The number of nitrogens with two attached hydrogens (primary N) is 2. The van der Waals surface area contributed by atoms with Crippen molar-refractivity contribution in [3.63, 3.8) is 0 Å². The number of hydrogen-bond donors (Lipinski definition) is 2. The van der Waals surface area contributed by atoms with Crippen molar-refractivity contribution < 1.29 is 66.8 Å². The largest absolute Gasteiger partial charge is 0.423 e. The van der Waals surface area contributed by atoms with Gasteiger partial charge in [-0.05, 0) is 76.2 Å². The van der Waals surface area contributed by atoms with E-state index >= 15 is 0 Å². The van der Waals surface area contributed by atoms with Crippen molar-refractivity contribution in [2.24, 2.45) is 45.3 Å². The first-order valence-electron chi connectivity index (χ1n) is 14.8. The number of anilines is 2. The number of cyclic esters (lactones) is 8. The fourth-order valence-corrected chi connectivity index (χ4v) is 7.86. The molecule has 2 aliphatic carbocycles.